The van der Waals surface area contributed by atoms with Gasteiger partial charge in [-0.15, -0.1) is 0 Å². The quantitative estimate of drug-likeness (QED) is 0.946. The monoisotopic (exact) mass is 316 g/mol. The zero-order valence-corrected chi connectivity index (χ0v) is 12.1. The topological polar surface area (TPSA) is 49.4 Å². The number of para-hydroxylation sites is 1. The lowest BCUT2D eigenvalue weighted by atomic mass is 10.1. The fourth-order valence-corrected chi connectivity index (χ4v) is 2.56. The van der Waals surface area contributed by atoms with Crippen LogP contribution in [0, 0.1) is 11.6 Å². The second-order valence-electron chi connectivity index (χ2n) is 5.27. The summed E-state index contributed by atoms with van der Waals surface area (Å²) in [4.78, 5) is 26.0. The second-order valence-corrected chi connectivity index (χ2v) is 5.27. The van der Waals surface area contributed by atoms with Gasteiger partial charge in [-0.25, -0.2) is 8.78 Å². The summed E-state index contributed by atoms with van der Waals surface area (Å²) in [6.45, 7) is 0.492. The summed E-state index contributed by atoms with van der Waals surface area (Å²) >= 11 is 0. The minimum atomic E-state index is -1.10. The van der Waals surface area contributed by atoms with Crippen molar-refractivity contribution in [3.05, 3.63) is 65.7 Å². The van der Waals surface area contributed by atoms with Gasteiger partial charge in [0.1, 0.15) is 6.04 Å². The van der Waals surface area contributed by atoms with Crippen LogP contribution in [0.4, 0.5) is 14.5 Å². The Morgan fingerprint density at radius 3 is 2.52 bits per heavy atom. The highest BCUT2D eigenvalue weighted by Gasteiger charge is 2.33. The molecule has 1 heterocycles. The molecule has 2 amide bonds. The Hall–Kier alpha value is -2.76. The highest BCUT2D eigenvalue weighted by molar-refractivity contribution is 6.03. The van der Waals surface area contributed by atoms with Crippen LogP contribution in [0.1, 0.15) is 16.8 Å². The van der Waals surface area contributed by atoms with Crippen molar-refractivity contribution in [2.75, 3.05) is 11.4 Å². The number of hydrogen-bond donors (Lipinski definition) is 1. The van der Waals surface area contributed by atoms with Gasteiger partial charge in [0, 0.05) is 17.8 Å². The average molecular weight is 316 g/mol. The van der Waals surface area contributed by atoms with Crippen LogP contribution in [0.2, 0.25) is 0 Å². The summed E-state index contributed by atoms with van der Waals surface area (Å²) in [6.07, 6.45) is 0.461. The molecule has 0 aromatic heterocycles. The molecule has 1 fully saturated rings. The summed E-state index contributed by atoms with van der Waals surface area (Å²) in [6, 6.07) is 11.4. The molecule has 0 bridgehead atoms. The smallest absolute Gasteiger partial charge is 0.252 e. The van der Waals surface area contributed by atoms with Gasteiger partial charge in [0.15, 0.2) is 11.6 Å². The molecule has 1 aliphatic heterocycles. The lowest BCUT2D eigenvalue weighted by molar-refractivity contribution is -0.118. The molecule has 1 unspecified atom stereocenters. The van der Waals surface area contributed by atoms with E-state index in [1.807, 2.05) is 30.3 Å². The molecule has 23 heavy (non-hydrogen) atoms. The molecule has 0 spiro atoms. The van der Waals surface area contributed by atoms with Gasteiger partial charge < -0.3 is 10.2 Å². The molecule has 118 valence electrons. The normalized spacial score (nSPS) is 17.4. The Kier molecular flexibility index (Phi) is 4.06. The molecule has 1 N–H and O–H groups in total. The highest BCUT2D eigenvalue weighted by atomic mass is 19.2. The van der Waals surface area contributed by atoms with Crippen LogP contribution in [0.15, 0.2) is 48.5 Å². The van der Waals surface area contributed by atoms with E-state index in [1.165, 1.54) is 6.07 Å². The Balaban J connectivity index is 1.70. The van der Waals surface area contributed by atoms with Gasteiger partial charge >= 0.3 is 0 Å². The van der Waals surface area contributed by atoms with Crippen molar-refractivity contribution in [1.29, 1.82) is 0 Å². The Morgan fingerprint density at radius 1 is 1.09 bits per heavy atom. The van der Waals surface area contributed by atoms with E-state index >= 15 is 0 Å². The van der Waals surface area contributed by atoms with E-state index in [9.17, 15) is 18.4 Å². The first-order valence-electron chi connectivity index (χ1n) is 7.18. The molecule has 6 heteroatoms. The number of anilines is 1. The van der Waals surface area contributed by atoms with Crippen molar-refractivity contribution < 1.29 is 18.4 Å². The van der Waals surface area contributed by atoms with E-state index in [0.29, 0.717) is 13.0 Å². The highest BCUT2D eigenvalue weighted by Crippen LogP contribution is 2.21. The molecule has 4 nitrogen and oxygen atoms in total. The number of benzene rings is 2. The number of nitrogens with zero attached hydrogens (tertiary/aromatic N) is 1. The fraction of sp³-hybridized carbons (Fsp3) is 0.176. The van der Waals surface area contributed by atoms with Crippen molar-refractivity contribution in [2.45, 2.75) is 12.5 Å². The maximum Gasteiger partial charge on any atom is 0.252 e. The largest absolute Gasteiger partial charge is 0.340 e. The van der Waals surface area contributed by atoms with E-state index in [2.05, 4.69) is 5.32 Å². The minimum absolute atomic E-state index is 0.0186. The van der Waals surface area contributed by atoms with Gasteiger partial charge in [0.2, 0.25) is 5.91 Å². The number of carbonyl (C=O) groups excluding carboxylic acids is 2. The van der Waals surface area contributed by atoms with Gasteiger partial charge in [0.05, 0.1) is 0 Å². The molecule has 2 aromatic rings. The van der Waals surface area contributed by atoms with E-state index < -0.39 is 23.6 Å². The van der Waals surface area contributed by atoms with Crippen LogP contribution in [-0.2, 0) is 4.79 Å². The first kappa shape index (κ1) is 15.1. The lowest BCUT2D eigenvalue weighted by Gasteiger charge is -2.17. The summed E-state index contributed by atoms with van der Waals surface area (Å²) in [5, 5.41) is 2.57. The third-order valence-electron chi connectivity index (χ3n) is 3.76. The fourth-order valence-electron chi connectivity index (χ4n) is 2.56. The molecule has 3 rings (SSSR count). The number of rotatable bonds is 3. The van der Waals surface area contributed by atoms with Crippen molar-refractivity contribution in [1.82, 2.24) is 5.32 Å². The number of hydrogen-bond acceptors (Lipinski definition) is 2. The van der Waals surface area contributed by atoms with E-state index in [-0.39, 0.29) is 11.5 Å². The summed E-state index contributed by atoms with van der Waals surface area (Å²) < 4.78 is 26.1. The molecular formula is C17H14F2N2O2. The molecule has 1 saturated heterocycles. The standard InChI is InChI=1S/C17H14F2N2O2/c18-13-7-6-11(10-14(13)19)16(22)20-15-8-9-21(17(15)23)12-4-2-1-3-5-12/h1-7,10,15H,8-9H2,(H,20,22). The van der Waals surface area contributed by atoms with Crippen molar-refractivity contribution >= 4 is 17.5 Å². The number of carbonyl (C=O) groups is 2. The van der Waals surface area contributed by atoms with Crippen molar-refractivity contribution in [2.24, 2.45) is 0 Å². The predicted octanol–water partition coefficient (Wildman–Crippen LogP) is 2.50. The van der Waals surface area contributed by atoms with Crippen LogP contribution in [0.5, 0.6) is 0 Å². The van der Waals surface area contributed by atoms with Gasteiger partial charge in [0.25, 0.3) is 5.91 Å². The van der Waals surface area contributed by atoms with Crippen LogP contribution < -0.4 is 10.2 Å². The Labute approximate surface area is 131 Å². The zero-order chi connectivity index (χ0) is 16.4. The van der Waals surface area contributed by atoms with Gasteiger partial charge in [-0.2, -0.15) is 0 Å². The van der Waals surface area contributed by atoms with Gasteiger partial charge in [-0.05, 0) is 36.8 Å². The maximum absolute atomic E-state index is 13.2. The average Bonchev–Trinajstić information content (AvgIpc) is 2.92. The van der Waals surface area contributed by atoms with E-state index in [4.69, 9.17) is 0 Å². The first-order valence-corrected chi connectivity index (χ1v) is 7.18. The molecule has 1 aliphatic rings. The number of amides is 2. The molecular weight excluding hydrogens is 302 g/mol. The molecule has 0 aliphatic carbocycles. The zero-order valence-electron chi connectivity index (χ0n) is 12.1. The lowest BCUT2D eigenvalue weighted by Crippen LogP contribution is -2.41. The Morgan fingerprint density at radius 2 is 1.83 bits per heavy atom. The summed E-state index contributed by atoms with van der Waals surface area (Å²) in [5.74, 6) is -2.93. The number of halogens is 2. The molecule has 0 saturated carbocycles. The van der Waals surface area contributed by atoms with Crippen LogP contribution in [0.3, 0.4) is 0 Å². The SMILES string of the molecule is O=C(NC1CCN(c2ccccc2)C1=O)c1ccc(F)c(F)c1. The third-order valence-corrected chi connectivity index (χ3v) is 3.76. The van der Waals surface area contributed by atoms with Gasteiger partial charge in [-0.3, -0.25) is 9.59 Å². The van der Waals surface area contributed by atoms with E-state index in [1.54, 1.807) is 4.90 Å². The van der Waals surface area contributed by atoms with Crippen molar-refractivity contribution in [3.8, 4) is 0 Å². The van der Waals surface area contributed by atoms with Gasteiger partial charge in [-0.1, -0.05) is 18.2 Å². The Bertz CT molecular complexity index is 750. The molecule has 1 atom stereocenters. The number of nitrogens with one attached hydrogen (secondary N) is 1. The van der Waals surface area contributed by atoms with Crippen LogP contribution in [0.25, 0.3) is 0 Å². The second kappa shape index (κ2) is 6.16. The molecule has 2 aromatic carbocycles. The van der Waals surface area contributed by atoms with E-state index in [0.717, 1.165) is 17.8 Å². The first-order chi connectivity index (χ1) is 11.1. The summed E-state index contributed by atoms with van der Waals surface area (Å²) in [5.41, 5.74) is 0.747. The van der Waals surface area contributed by atoms with Crippen LogP contribution >= 0.6 is 0 Å². The maximum atomic E-state index is 13.2. The van der Waals surface area contributed by atoms with Crippen LogP contribution in [-0.4, -0.2) is 24.4 Å². The van der Waals surface area contributed by atoms with Crippen molar-refractivity contribution in [3.63, 3.8) is 0 Å². The molecule has 0 radical (unpaired) electrons. The predicted molar refractivity (Wildman–Crippen MR) is 81.0 cm³/mol. The minimum Gasteiger partial charge on any atom is -0.340 e. The summed E-state index contributed by atoms with van der Waals surface area (Å²) in [7, 11) is 0. The third kappa shape index (κ3) is 3.06.